The Morgan fingerprint density at radius 2 is 2.21 bits per heavy atom. The molecule has 1 rings (SSSR count). The van der Waals surface area contributed by atoms with Crippen LogP contribution < -0.4 is 11.4 Å². The van der Waals surface area contributed by atoms with Gasteiger partial charge >= 0.3 is 5.69 Å². The first-order valence-corrected chi connectivity index (χ1v) is 5.07. The topological polar surface area (TPSA) is 60.9 Å². The van der Waals surface area contributed by atoms with Crippen LogP contribution in [-0.2, 0) is 6.54 Å². The Balaban J connectivity index is 2.47. The van der Waals surface area contributed by atoms with Crippen LogP contribution in [0.25, 0.3) is 0 Å². The second-order valence-corrected chi connectivity index (χ2v) is 3.39. The number of unbranched alkanes of at least 4 members (excludes halogenated alkanes) is 3. The molecule has 0 fully saturated rings. The van der Waals surface area contributed by atoms with Crippen molar-refractivity contribution in [1.29, 1.82) is 0 Å². The molecule has 0 aromatic carbocycles. The van der Waals surface area contributed by atoms with E-state index in [0.717, 1.165) is 19.4 Å². The molecule has 78 valence electrons. The molecule has 1 heterocycles. The van der Waals surface area contributed by atoms with E-state index in [4.69, 9.17) is 5.73 Å². The highest BCUT2D eigenvalue weighted by molar-refractivity contribution is 5.23. The van der Waals surface area contributed by atoms with Crippen LogP contribution in [0.15, 0.2) is 17.1 Å². The third kappa shape index (κ3) is 3.20. The minimum Gasteiger partial charge on any atom is -0.383 e. The number of anilines is 1. The second-order valence-electron chi connectivity index (χ2n) is 3.39. The van der Waals surface area contributed by atoms with E-state index in [9.17, 15) is 4.79 Å². The molecule has 0 saturated heterocycles. The molecule has 0 saturated carbocycles. The van der Waals surface area contributed by atoms with Crippen molar-refractivity contribution in [2.75, 3.05) is 5.73 Å². The van der Waals surface area contributed by atoms with Gasteiger partial charge in [0.25, 0.3) is 0 Å². The lowest BCUT2D eigenvalue weighted by molar-refractivity contribution is 0.562. The van der Waals surface area contributed by atoms with Gasteiger partial charge in [0.05, 0.1) is 0 Å². The number of nitrogen functional groups attached to an aromatic ring is 1. The summed E-state index contributed by atoms with van der Waals surface area (Å²) < 4.78 is 1.60. The number of nitrogens with two attached hydrogens (primary N) is 1. The second kappa shape index (κ2) is 5.42. The first-order valence-electron chi connectivity index (χ1n) is 5.07. The van der Waals surface area contributed by atoms with Crippen molar-refractivity contribution in [2.24, 2.45) is 0 Å². The number of aryl methyl sites for hydroxylation is 1. The molecule has 0 unspecified atom stereocenters. The minimum absolute atomic E-state index is 0.249. The van der Waals surface area contributed by atoms with E-state index in [1.165, 1.54) is 12.8 Å². The highest BCUT2D eigenvalue weighted by Gasteiger charge is 1.96. The van der Waals surface area contributed by atoms with Crippen molar-refractivity contribution < 1.29 is 0 Å². The number of rotatable bonds is 5. The lowest BCUT2D eigenvalue weighted by Gasteiger charge is -2.03. The van der Waals surface area contributed by atoms with Gasteiger partial charge in [0.15, 0.2) is 0 Å². The smallest absolute Gasteiger partial charge is 0.349 e. The summed E-state index contributed by atoms with van der Waals surface area (Å²) in [5, 5.41) is 0. The molecule has 0 radical (unpaired) electrons. The van der Waals surface area contributed by atoms with Crippen molar-refractivity contribution in [3.63, 3.8) is 0 Å². The van der Waals surface area contributed by atoms with Gasteiger partial charge in [-0.3, -0.25) is 4.57 Å². The zero-order valence-electron chi connectivity index (χ0n) is 8.57. The van der Waals surface area contributed by atoms with E-state index in [1.807, 2.05) is 0 Å². The molecule has 0 amide bonds. The summed E-state index contributed by atoms with van der Waals surface area (Å²) in [6.45, 7) is 2.91. The third-order valence-corrected chi connectivity index (χ3v) is 2.15. The maximum absolute atomic E-state index is 11.3. The molecular weight excluding hydrogens is 178 g/mol. The van der Waals surface area contributed by atoms with Crippen LogP contribution in [0.5, 0.6) is 0 Å². The van der Waals surface area contributed by atoms with Crippen LogP contribution in [-0.4, -0.2) is 9.55 Å². The highest BCUT2D eigenvalue weighted by Crippen LogP contribution is 2.00. The third-order valence-electron chi connectivity index (χ3n) is 2.15. The number of hydrogen-bond acceptors (Lipinski definition) is 3. The molecule has 4 nitrogen and oxygen atoms in total. The van der Waals surface area contributed by atoms with Crippen LogP contribution in [0, 0.1) is 0 Å². The van der Waals surface area contributed by atoms with E-state index < -0.39 is 0 Å². The van der Waals surface area contributed by atoms with Crippen molar-refractivity contribution in [3.8, 4) is 0 Å². The summed E-state index contributed by atoms with van der Waals surface area (Å²) in [4.78, 5) is 14.9. The SMILES string of the molecule is CCCCCCn1ccc(N)nc1=O. The Morgan fingerprint density at radius 3 is 2.86 bits per heavy atom. The Labute approximate surface area is 83.8 Å². The lowest BCUT2D eigenvalue weighted by Crippen LogP contribution is -2.23. The van der Waals surface area contributed by atoms with Gasteiger partial charge in [-0.15, -0.1) is 0 Å². The van der Waals surface area contributed by atoms with Crippen LogP contribution >= 0.6 is 0 Å². The Morgan fingerprint density at radius 1 is 1.43 bits per heavy atom. The van der Waals surface area contributed by atoms with Crippen molar-refractivity contribution in [1.82, 2.24) is 9.55 Å². The molecule has 0 aliphatic rings. The molecule has 2 N–H and O–H groups in total. The monoisotopic (exact) mass is 195 g/mol. The van der Waals surface area contributed by atoms with Crippen molar-refractivity contribution in [2.45, 2.75) is 39.2 Å². The van der Waals surface area contributed by atoms with E-state index in [1.54, 1.807) is 16.8 Å². The zero-order chi connectivity index (χ0) is 10.4. The summed E-state index contributed by atoms with van der Waals surface area (Å²) in [5.74, 6) is 0.291. The molecule has 0 bridgehead atoms. The number of nitrogens with zero attached hydrogens (tertiary/aromatic N) is 2. The number of aromatic nitrogens is 2. The van der Waals surface area contributed by atoms with Gasteiger partial charge in [-0.1, -0.05) is 26.2 Å². The van der Waals surface area contributed by atoms with Gasteiger partial charge in [-0.05, 0) is 12.5 Å². The molecule has 14 heavy (non-hydrogen) atoms. The number of hydrogen-bond donors (Lipinski definition) is 1. The zero-order valence-corrected chi connectivity index (χ0v) is 8.57. The largest absolute Gasteiger partial charge is 0.383 e. The van der Waals surface area contributed by atoms with Crippen LogP contribution in [0.4, 0.5) is 5.82 Å². The normalized spacial score (nSPS) is 10.4. The minimum atomic E-state index is -0.249. The van der Waals surface area contributed by atoms with Crippen LogP contribution in [0.1, 0.15) is 32.6 Å². The van der Waals surface area contributed by atoms with Gasteiger partial charge < -0.3 is 5.73 Å². The molecule has 1 aromatic rings. The van der Waals surface area contributed by atoms with E-state index >= 15 is 0 Å². The highest BCUT2D eigenvalue weighted by atomic mass is 16.1. The molecule has 0 aliphatic heterocycles. The van der Waals surface area contributed by atoms with E-state index in [2.05, 4.69) is 11.9 Å². The lowest BCUT2D eigenvalue weighted by atomic mass is 10.2. The Hall–Kier alpha value is -1.32. The quantitative estimate of drug-likeness (QED) is 0.722. The molecule has 4 heteroatoms. The summed E-state index contributed by atoms with van der Waals surface area (Å²) in [5.41, 5.74) is 5.13. The predicted molar refractivity (Wildman–Crippen MR) is 57.1 cm³/mol. The molecular formula is C10H17N3O. The standard InChI is InChI=1S/C10H17N3O/c1-2-3-4-5-7-13-8-6-9(11)12-10(13)14/h6,8H,2-5,7H2,1H3,(H2,11,12,14). The van der Waals surface area contributed by atoms with Crippen LogP contribution in [0.2, 0.25) is 0 Å². The molecule has 1 aromatic heterocycles. The van der Waals surface area contributed by atoms with Gasteiger partial charge in [-0.25, -0.2) is 4.79 Å². The maximum atomic E-state index is 11.3. The predicted octanol–water partition coefficient (Wildman–Crippen LogP) is 1.41. The Bertz CT molecular complexity index is 332. The maximum Gasteiger partial charge on any atom is 0.349 e. The molecule has 0 spiro atoms. The van der Waals surface area contributed by atoms with E-state index in [-0.39, 0.29) is 5.69 Å². The first-order chi connectivity index (χ1) is 6.74. The Kier molecular flexibility index (Phi) is 4.16. The van der Waals surface area contributed by atoms with Gasteiger partial charge in [0, 0.05) is 12.7 Å². The van der Waals surface area contributed by atoms with Gasteiger partial charge in [0.2, 0.25) is 0 Å². The summed E-state index contributed by atoms with van der Waals surface area (Å²) in [6, 6.07) is 1.65. The summed E-state index contributed by atoms with van der Waals surface area (Å²) >= 11 is 0. The average molecular weight is 195 g/mol. The van der Waals surface area contributed by atoms with Crippen LogP contribution in [0.3, 0.4) is 0 Å². The van der Waals surface area contributed by atoms with Gasteiger partial charge in [-0.2, -0.15) is 4.98 Å². The molecule has 0 atom stereocenters. The fourth-order valence-electron chi connectivity index (χ4n) is 1.32. The van der Waals surface area contributed by atoms with Crippen molar-refractivity contribution >= 4 is 5.82 Å². The fourth-order valence-corrected chi connectivity index (χ4v) is 1.32. The van der Waals surface area contributed by atoms with Gasteiger partial charge in [0.1, 0.15) is 5.82 Å². The van der Waals surface area contributed by atoms with Crippen molar-refractivity contribution in [3.05, 3.63) is 22.7 Å². The fraction of sp³-hybridized carbons (Fsp3) is 0.600. The molecule has 0 aliphatic carbocycles. The average Bonchev–Trinajstić information content (AvgIpc) is 2.15. The first kappa shape index (κ1) is 10.8. The summed E-state index contributed by atoms with van der Waals surface area (Å²) in [6.07, 6.45) is 6.31. The summed E-state index contributed by atoms with van der Waals surface area (Å²) in [7, 11) is 0. The van der Waals surface area contributed by atoms with E-state index in [0.29, 0.717) is 5.82 Å².